The molecule has 0 aromatic heterocycles. The number of rotatable bonds is 4. The zero-order valence-corrected chi connectivity index (χ0v) is 12.8. The number of benzene rings is 1. The van der Waals surface area contributed by atoms with E-state index in [4.69, 9.17) is 10.5 Å². The molecule has 1 aromatic rings. The summed E-state index contributed by atoms with van der Waals surface area (Å²) in [6.07, 6.45) is -0.358. The van der Waals surface area contributed by atoms with Crippen LogP contribution in [-0.2, 0) is 9.53 Å². The summed E-state index contributed by atoms with van der Waals surface area (Å²) in [4.78, 5) is 23.1. The normalized spacial score (nSPS) is 12.5. The first-order chi connectivity index (χ1) is 10.0. The molecule has 0 spiro atoms. The highest BCUT2D eigenvalue weighted by atomic mass is 19.2. The van der Waals surface area contributed by atoms with E-state index in [0.717, 1.165) is 17.1 Å². The molecular weight excluding hydrogens is 296 g/mol. The molecule has 122 valence electrons. The number of carbonyl (C=O) groups excluding carboxylic acids is 2. The molecule has 22 heavy (non-hydrogen) atoms. The first-order valence-electron chi connectivity index (χ1n) is 6.54. The molecule has 0 fully saturated rings. The number of nitrogens with one attached hydrogen (secondary N) is 1. The van der Waals surface area contributed by atoms with Crippen LogP contribution in [0.2, 0.25) is 0 Å². The number of nitrogen functional groups attached to an aromatic ring is 1. The predicted molar refractivity (Wildman–Crippen MR) is 78.0 cm³/mol. The minimum Gasteiger partial charge on any atom is -0.442 e. The van der Waals surface area contributed by atoms with E-state index in [-0.39, 0.29) is 11.4 Å². The van der Waals surface area contributed by atoms with Crippen LogP contribution in [0.3, 0.4) is 0 Å². The number of halogens is 2. The predicted octanol–water partition coefficient (Wildman–Crippen LogP) is 2.70. The maximum Gasteiger partial charge on any atom is 0.429 e. The van der Waals surface area contributed by atoms with E-state index in [1.165, 1.54) is 6.92 Å². The maximum atomic E-state index is 13.3. The minimum absolute atomic E-state index is 0.0570. The van der Waals surface area contributed by atoms with Gasteiger partial charge in [-0.05, 0) is 27.7 Å². The molecule has 0 aliphatic carbocycles. The van der Waals surface area contributed by atoms with Gasteiger partial charge in [0.25, 0.3) is 0 Å². The van der Waals surface area contributed by atoms with Gasteiger partial charge in [0, 0.05) is 12.1 Å². The zero-order valence-electron chi connectivity index (χ0n) is 12.8. The summed E-state index contributed by atoms with van der Waals surface area (Å²) < 4.78 is 31.5. The number of ether oxygens (including phenoxy) is 1. The maximum absolute atomic E-state index is 13.3. The number of hydrogen-bond donors (Lipinski definition) is 2. The Bertz CT molecular complexity index is 573. The molecular formula is C14H19F2N3O3. The van der Waals surface area contributed by atoms with Gasteiger partial charge in [0.05, 0.1) is 11.4 Å². The lowest BCUT2D eigenvalue weighted by Gasteiger charge is -2.30. The van der Waals surface area contributed by atoms with E-state index in [9.17, 15) is 18.4 Å². The summed E-state index contributed by atoms with van der Waals surface area (Å²) in [5.74, 6) is -2.25. The number of carbonyl (C=O) groups is 2. The van der Waals surface area contributed by atoms with Gasteiger partial charge in [-0.3, -0.25) is 5.43 Å². The largest absolute Gasteiger partial charge is 0.442 e. The van der Waals surface area contributed by atoms with Gasteiger partial charge >= 0.3 is 6.09 Å². The molecule has 6 nitrogen and oxygen atoms in total. The van der Waals surface area contributed by atoms with E-state index in [1.54, 1.807) is 20.8 Å². The van der Waals surface area contributed by atoms with Gasteiger partial charge in [-0.15, -0.1) is 0 Å². The summed E-state index contributed by atoms with van der Waals surface area (Å²) in [6.45, 7) is 6.39. The van der Waals surface area contributed by atoms with Gasteiger partial charge < -0.3 is 15.3 Å². The number of nitrogens with two attached hydrogens (primary N) is 1. The Labute approximate surface area is 127 Å². The summed E-state index contributed by atoms with van der Waals surface area (Å²) in [7, 11) is 0. The van der Waals surface area contributed by atoms with E-state index in [1.807, 2.05) is 0 Å². The second kappa shape index (κ2) is 6.59. The summed E-state index contributed by atoms with van der Waals surface area (Å²) in [6, 6.07) is 0.651. The van der Waals surface area contributed by atoms with Crippen molar-refractivity contribution < 1.29 is 23.1 Å². The number of anilines is 2. The molecule has 8 heteroatoms. The Morgan fingerprint density at radius 3 is 2.41 bits per heavy atom. The lowest BCUT2D eigenvalue weighted by atomic mass is 10.2. The van der Waals surface area contributed by atoms with Crippen LogP contribution in [0, 0.1) is 11.6 Å². The molecule has 0 radical (unpaired) electrons. The summed E-state index contributed by atoms with van der Waals surface area (Å²) >= 11 is 0. The average Bonchev–Trinajstić information content (AvgIpc) is 2.38. The fourth-order valence-electron chi connectivity index (χ4n) is 1.47. The Hall–Kier alpha value is -2.38. The van der Waals surface area contributed by atoms with Crippen LogP contribution in [0.25, 0.3) is 0 Å². The standard InChI is InChI=1S/C14H19F2N3O3/c1-8(7-20)19(13(21)22-14(2,3)4)18-12-6-10(16)9(15)5-11(12)17/h5-8,18H,17H2,1-4H3. The van der Waals surface area contributed by atoms with Crippen LogP contribution in [0.15, 0.2) is 12.1 Å². The minimum atomic E-state index is -1.14. The number of amides is 1. The van der Waals surface area contributed by atoms with Crippen molar-refractivity contribution in [1.82, 2.24) is 5.01 Å². The van der Waals surface area contributed by atoms with Crippen LogP contribution in [-0.4, -0.2) is 29.0 Å². The lowest BCUT2D eigenvalue weighted by molar-refractivity contribution is -0.111. The topological polar surface area (TPSA) is 84.7 Å². The second-order valence-corrected chi connectivity index (χ2v) is 5.69. The van der Waals surface area contributed by atoms with E-state index in [0.29, 0.717) is 6.29 Å². The molecule has 1 atom stereocenters. The van der Waals surface area contributed by atoms with Crippen molar-refractivity contribution in [2.24, 2.45) is 0 Å². The van der Waals surface area contributed by atoms with Crippen LogP contribution < -0.4 is 11.2 Å². The molecule has 0 heterocycles. The van der Waals surface area contributed by atoms with Crippen molar-refractivity contribution in [2.75, 3.05) is 11.2 Å². The molecule has 1 unspecified atom stereocenters. The summed E-state index contributed by atoms with van der Waals surface area (Å²) in [5.41, 5.74) is 7.09. The van der Waals surface area contributed by atoms with Gasteiger partial charge in [-0.2, -0.15) is 0 Å². The Morgan fingerprint density at radius 2 is 1.91 bits per heavy atom. The third kappa shape index (κ3) is 4.57. The molecule has 3 N–H and O–H groups in total. The molecule has 1 aromatic carbocycles. The monoisotopic (exact) mass is 315 g/mol. The van der Waals surface area contributed by atoms with Crippen molar-refractivity contribution in [3.05, 3.63) is 23.8 Å². The fourth-order valence-corrected chi connectivity index (χ4v) is 1.47. The van der Waals surface area contributed by atoms with E-state index >= 15 is 0 Å². The Balaban J connectivity index is 3.07. The SMILES string of the molecule is CC(C=O)N(Nc1cc(F)c(F)cc1N)C(=O)OC(C)(C)C. The van der Waals surface area contributed by atoms with Gasteiger partial charge in [-0.1, -0.05) is 0 Å². The molecule has 1 amide bonds. The van der Waals surface area contributed by atoms with E-state index in [2.05, 4.69) is 5.43 Å². The van der Waals surface area contributed by atoms with Crippen molar-refractivity contribution in [3.63, 3.8) is 0 Å². The van der Waals surface area contributed by atoms with Crippen molar-refractivity contribution in [1.29, 1.82) is 0 Å². The number of hydrazine groups is 1. The van der Waals surface area contributed by atoms with Gasteiger partial charge in [0.1, 0.15) is 17.9 Å². The summed E-state index contributed by atoms with van der Waals surface area (Å²) in [5, 5.41) is 0.849. The van der Waals surface area contributed by atoms with Crippen LogP contribution in [0.1, 0.15) is 27.7 Å². The number of nitrogens with zero attached hydrogens (tertiary/aromatic N) is 1. The van der Waals surface area contributed by atoms with E-state index < -0.39 is 29.4 Å². The molecule has 0 bridgehead atoms. The third-order valence-electron chi connectivity index (χ3n) is 2.53. The van der Waals surface area contributed by atoms with Crippen molar-refractivity contribution in [2.45, 2.75) is 39.3 Å². The average molecular weight is 315 g/mol. The highest BCUT2D eigenvalue weighted by Crippen LogP contribution is 2.23. The van der Waals surface area contributed by atoms with Crippen molar-refractivity contribution >= 4 is 23.8 Å². The van der Waals surface area contributed by atoms with Gasteiger partial charge in [0.15, 0.2) is 11.6 Å². The fraction of sp³-hybridized carbons (Fsp3) is 0.429. The van der Waals surface area contributed by atoms with Gasteiger partial charge in [-0.25, -0.2) is 18.6 Å². The smallest absolute Gasteiger partial charge is 0.429 e. The first-order valence-corrected chi connectivity index (χ1v) is 6.54. The quantitative estimate of drug-likeness (QED) is 0.507. The second-order valence-electron chi connectivity index (χ2n) is 5.69. The lowest BCUT2D eigenvalue weighted by Crippen LogP contribution is -2.46. The number of aldehydes is 1. The van der Waals surface area contributed by atoms with Crippen LogP contribution in [0.4, 0.5) is 25.0 Å². The Kier molecular flexibility index (Phi) is 5.29. The molecule has 0 saturated carbocycles. The first kappa shape index (κ1) is 17.7. The third-order valence-corrected chi connectivity index (χ3v) is 2.53. The highest BCUT2D eigenvalue weighted by molar-refractivity contribution is 5.77. The Morgan fingerprint density at radius 1 is 1.36 bits per heavy atom. The number of hydrogen-bond acceptors (Lipinski definition) is 5. The molecule has 0 aliphatic rings. The van der Waals surface area contributed by atoms with Gasteiger partial charge in [0.2, 0.25) is 0 Å². The molecule has 0 aliphatic heterocycles. The highest BCUT2D eigenvalue weighted by Gasteiger charge is 2.27. The molecule has 0 saturated heterocycles. The zero-order chi connectivity index (χ0) is 17.1. The van der Waals surface area contributed by atoms with Crippen molar-refractivity contribution in [3.8, 4) is 0 Å². The molecule has 1 rings (SSSR count). The van der Waals surface area contributed by atoms with Crippen LogP contribution in [0.5, 0.6) is 0 Å². The van der Waals surface area contributed by atoms with Crippen LogP contribution >= 0.6 is 0 Å².